The van der Waals surface area contributed by atoms with Gasteiger partial charge in [-0.15, -0.1) is 0 Å². The van der Waals surface area contributed by atoms with Gasteiger partial charge in [-0.2, -0.15) is 0 Å². The first kappa shape index (κ1) is 17.7. The molecule has 0 N–H and O–H groups in total. The highest BCUT2D eigenvalue weighted by Gasteiger charge is 2.28. The summed E-state index contributed by atoms with van der Waals surface area (Å²) in [5.41, 5.74) is 0.911. The van der Waals surface area contributed by atoms with Crippen molar-refractivity contribution >= 4 is 17.9 Å². The molecule has 0 aliphatic rings. The number of rotatable bonds is 7. The van der Waals surface area contributed by atoms with Crippen molar-refractivity contribution in [3.63, 3.8) is 0 Å². The molecule has 0 amide bonds. The van der Waals surface area contributed by atoms with Crippen LogP contribution in [0.5, 0.6) is 0 Å². The van der Waals surface area contributed by atoms with Crippen molar-refractivity contribution < 1.29 is 28.6 Å². The molecule has 1 aromatic rings. The van der Waals surface area contributed by atoms with Gasteiger partial charge in [-0.25, -0.2) is 0 Å². The lowest BCUT2D eigenvalue weighted by atomic mass is 10.0. The number of ether oxygens (including phenoxy) is 3. The van der Waals surface area contributed by atoms with Gasteiger partial charge in [0.2, 0.25) is 0 Å². The highest BCUT2D eigenvalue weighted by atomic mass is 16.6. The molecule has 0 spiro atoms. The summed E-state index contributed by atoms with van der Waals surface area (Å²) in [6.07, 6.45) is -1.24. The molecule has 0 aliphatic heterocycles. The zero-order valence-corrected chi connectivity index (χ0v) is 12.9. The van der Waals surface area contributed by atoms with Gasteiger partial charge in [-0.3, -0.25) is 14.4 Å². The Labute approximate surface area is 129 Å². The van der Waals surface area contributed by atoms with Crippen molar-refractivity contribution in [3.8, 4) is 0 Å². The van der Waals surface area contributed by atoms with Crippen LogP contribution in [-0.4, -0.2) is 36.7 Å². The Kier molecular flexibility index (Phi) is 7.08. The first-order valence-corrected chi connectivity index (χ1v) is 6.90. The topological polar surface area (TPSA) is 78.9 Å². The number of hydrogen-bond donors (Lipinski definition) is 0. The minimum Gasteiger partial charge on any atom is -0.462 e. The quantitative estimate of drug-likeness (QED) is 0.563. The number of carbonyl (C=O) groups is 3. The molecule has 1 rings (SSSR count). The van der Waals surface area contributed by atoms with Gasteiger partial charge in [0.05, 0.1) is 0 Å². The maximum atomic E-state index is 11.3. The van der Waals surface area contributed by atoms with Gasteiger partial charge in [0.25, 0.3) is 0 Å². The second kappa shape index (κ2) is 8.81. The standard InChI is InChI=1S/C16H20O6/c1-11(17)20-10-16(22-13(3)19)15(21-12(2)18)9-14-7-5-4-6-8-14/h4-8,15-16H,9-10H2,1-3H3/t15-,16-/m1/s1. The van der Waals surface area contributed by atoms with E-state index in [0.717, 1.165) is 5.56 Å². The van der Waals surface area contributed by atoms with Gasteiger partial charge in [0, 0.05) is 27.2 Å². The van der Waals surface area contributed by atoms with Crippen LogP contribution < -0.4 is 0 Å². The third-order valence-corrected chi connectivity index (χ3v) is 2.78. The SMILES string of the molecule is CC(=O)OC[C@@H](OC(C)=O)[C@@H](Cc1ccccc1)OC(C)=O. The van der Waals surface area contributed by atoms with Gasteiger partial charge in [0.1, 0.15) is 12.7 Å². The average molecular weight is 308 g/mol. The summed E-state index contributed by atoms with van der Waals surface area (Å²) < 4.78 is 15.3. The summed E-state index contributed by atoms with van der Waals surface area (Å²) >= 11 is 0. The van der Waals surface area contributed by atoms with Crippen molar-refractivity contribution in [1.82, 2.24) is 0 Å². The summed E-state index contributed by atoms with van der Waals surface area (Å²) in [5, 5.41) is 0. The maximum absolute atomic E-state index is 11.3. The van der Waals surface area contributed by atoms with Crippen molar-refractivity contribution in [1.29, 1.82) is 0 Å². The molecule has 22 heavy (non-hydrogen) atoms. The smallest absolute Gasteiger partial charge is 0.303 e. The fourth-order valence-electron chi connectivity index (χ4n) is 1.94. The number of hydrogen-bond acceptors (Lipinski definition) is 6. The van der Waals surface area contributed by atoms with Crippen LogP contribution in [0.1, 0.15) is 26.3 Å². The molecule has 0 heterocycles. The van der Waals surface area contributed by atoms with E-state index in [1.54, 1.807) is 0 Å². The van der Waals surface area contributed by atoms with E-state index < -0.39 is 30.1 Å². The highest BCUT2D eigenvalue weighted by molar-refractivity contribution is 5.68. The van der Waals surface area contributed by atoms with Crippen LogP contribution in [0.4, 0.5) is 0 Å². The number of esters is 3. The van der Waals surface area contributed by atoms with E-state index in [1.165, 1.54) is 20.8 Å². The van der Waals surface area contributed by atoms with Gasteiger partial charge in [0.15, 0.2) is 6.10 Å². The van der Waals surface area contributed by atoms with Crippen molar-refractivity contribution in [3.05, 3.63) is 35.9 Å². The van der Waals surface area contributed by atoms with Crippen LogP contribution in [0.2, 0.25) is 0 Å². The van der Waals surface area contributed by atoms with Crippen LogP contribution in [0.25, 0.3) is 0 Å². The van der Waals surface area contributed by atoms with E-state index >= 15 is 0 Å². The third-order valence-electron chi connectivity index (χ3n) is 2.78. The van der Waals surface area contributed by atoms with Crippen molar-refractivity contribution in [2.24, 2.45) is 0 Å². The molecule has 0 fully saturated rings. The molecule has 2 atom stereocenters. The molecule has 6 heteroatoms. The van der Waals surface area contributed by atoms with Crippen LogP contribution in [0.15, 0.2) is 30.3 Å². The lowest BCUT2D eigenvalue weighted by Gasteiger charge is -2.26. The molecule has 0 saturated carbocycles. The zero-order chi connectivity index (χ0) is 16.5. The summed E-state index contributed by atoms with van der Waals surface area (Å²) in [5.74, 6) is -1.54. The summed E-state index contributed by atoms with van der Waals surface area (Å²) in [6.45, 7) is 3.60. The van der Waals surface area contributed by atoms with Crippen LogP contribution in [0, 0.1) is 0 Å². The lowest BCUT2D eigenvalue weighted by molar-refractivity contribution is -0.172. The summed E-state index contributed by atoms with van der Waals surface area (Å²) in [4.78, 5) is 33.5. The summed E-state index contributed by atoms with van der Waals surface area (Å²) in [7, 11) is 0. The maximum Gasteiger partial charge on any atom is 0.303 e. The normalized spacial score (nSPS) is 12.9. The minimum atomic E-state index is -0.856. The fraction of sp³-hybridized carbons (Fsp3) is 0.438. The van der Waals surface area contributed by atoms with Gasteiger partial charge >= 0.3 is 17.9 Å². The lowest BCUT2D eigenvalue weighted by Crippen LogP contribution is -2.39. The second-order valence-electron chi connectivity index (χ2n) is 4.79. The van der Waals surface area contributed by atoms with E-state index in [2.05, 4.69) is 0 Å². The molecule has 120 valence electrons. The molecular formula is C16H20O6. The van der Waals surface area contributed by atoms with Gasteiger partial charge < -0.3 is 14.2 Å². The predicted octanol–water partition coefficient (Wildman–Crippen LogP) is 1.66. The number of benzene rings is 1. The first-order valence-electron chi connectivity index (χ1n) is 6.90. The zero-order valence-electron chi connectivity index (χ0n) is 12.9. The van der Waals surface area contributed by atoms with Crippen molar-refractivity contribution in [2.45, 2.75) is 39.4 Å². The van der Waals surface area contributed by atoms with Crippen molar-refractivity contribution in [2.75, 3.05) is 6.61 Å². The average Bonchev–Trinajstić information content (AvgIpc) is 2.43. The minimum absolute atomic E-state index is 0.167. The Hall–Kier alpha value is -2.37. The Morgan fingerprint density at radius 3 is 1.91 bits per heavy atom. The van der Waals surface area contributed by atoms with E-state index in [9.17, 15) is 14.4 Å². The van der Waals surface area contributed by atoms with Gasteiger partial charge in [-0.05, 0) is 5.56 Å². The van der Waals surface area contributed by atoms with E-state index in [-0.39, 0.29) is 6.61 Å². The van der Waals surface area contributed by atoms with E-state index in [0.29, 0.717) is 6.42 Å². The van der Waals surface area contributed by atoms with Gasteiger partial charge in [-0.1, -0.05) is 30.3 Å². The van der Waals surface area contributed by atoms with E-state index in [1.807, 2.05) is 30.3 Å². The molecule has 0 bridgehead atoms. The largest absolute Gasteiger partial charge is 0.462 e. The molecule has 1 aromatic carbocycles. The molecule has 6 nitrogen and oxygen atoms in total. The monoisotopic (exact) mass is 308 g/mol. The van der Waals surface area contributed by atoms with E-state index in [4.69, 9.17) is 14.2 Å². The predicted molar refractivity (Wildman–Crippen MR) is 77.9 cm³/mol. The summed E-state index contributed by atoms with van der Waals surface area (Å²) in [6, 6.07) is 9.31. The Morgan fingerprint density at radius 1 is 0.864 bits per heavy atom. The molecule has 0 radical (unpaired) electrons. The Balaban J connectivity index is 2.88. The highest BCUT2D eigenvalue weighted by Crippen LogP contribution is 2.14. The van der Waals surface area contributed by atoms with Crippen LogP contribution in [-0.2, 0) is 35.0 Å². The Bertz CT molecular complexity index is 511. The Morgan fingerprint density at radius 2 is 1.41 bits per heavy atom. The molecule has 0 aliphatic carbocycles. The van der Waals surface area contributed by atoms with Crippen LogP contribution in [0.3, 0.4) is 0 Å². The molecule has 0 aromatic heterocycles. The molecular weight excluding hydrogens is 288 g/mol. The van der Waals surface area contributed by atoms with Crippen LogP contribution >= 0.6 is 0 Å². The second-order valence-corrected chi connectivity index (χ2v) is 4.79. The third kappa shape index (κ3) is 6.88. The molecule has 0 saturated heterocycles. The fourth-order valence-corrected chi connectivity index (χ4v) is 1.94. The number of carbonyl (C=O) groups excluding carboxylic acids is 3. The molecule has 0 unspecified atom stereocenters. The first-order chi connectivity index (χ1) is 10.4.